The first-order valence-corrected chi connectivity index (χ1v) is 8.19. The molecular weight excluding hydrogens is 332 g/mol. The van der Waals surface area contributed by atoms with Crippen LogP contribution in [-0.2, 0) is 0 Å². The Morgan fingerprint density at radius 3 is 2.00 bits per heavy atom. The van der Waals surface area contributed by atoms with Gasteiger partial charge in [0.05, 0.1) is 5.56 Å². The molecule has 0 bridgehead atoms. The monoisotopic (exact) mass is 354 g/mol. The quantitative estimate of drug-likeness (QED) is 0.767. The zero-order valence-electron chi connectivity index (χ0n) is 15.0. The summed E-state index contributed by atoms with van der Waals surface area (Å²) in [6, 6.07) is 12.3. The maximum atomic E-state index is 12.3. The summed E-state index contributed by atoms with van der Waals surface area (Å²) < 4.78 is 0. The molecule has 2 amide bonds. The van der Waals surface area contributed by atoms with Gasteiger partial charge >= 0.3 is 5.97 Å². The van der Waals surface area contributed by atoms with Crippen LogP contribution in [0, 0.1) is 5.41 Å². The first kappa shape index (κ1) is 19.2. The summed E-state index contributed by atoms with van der Waals surface area (Å²) in [6.07, 6.45) is 0. The second-order valence-electron chi connectivity index (χ2n) is 7.16. The number of carbonyl (C=O) groups excluding carboxylic acids is 2. The van der Waals surface area contributed by atoms with E-state index in [-0.39, 0.29) is 22.8 Å². The zero-order chi connectivity index (χ0) is 19.3. The van der Waals surface area contributed by atoms with Gasteiger partial charge in [-0.05, 0) is 47.9 Å². The van der Waals surface area contributed by atoms with Crippen LogP contribution in [0.1, 0.15) is 51.8 Å². The molecular formula is C20H22N2O4. The van der Waals surface area contributed by atoms with Crippen LogP contribution in [0.15, 0.2) is 48.5 Å². The third-order valence-electron chi connectivity index (χ3n) is 3.56. The highest BCUT2D eigenvalue weighted by atomic mass is 16.4. The molecule has 0 atom stereocenters. The standard InChI is InChI=1S/C20H22N2O4/c1-20(2,3)12-21-17(23)13-7-9-14(10-8-13)18(24)22-16-6-4-5-15(11-16)19(25)26/h4-11H,12H2,1-3H3,(H,21,23)(H,22,24)(H,25,26). The van der Waals surface area contributed by atoms with Crippen molar-refractivity contribution in [2.24, 2.45) is 5.41 Å². The molecule has 0 aliphatic rings. The van der Waals surface area contributed by atoms with Crippen molar-refractivity contribution in [1.82, 2.24) is 5.32 Å². The first-order valence-electron chi connectivity index (χ1n) is 8.19. The van der Waals surface area contributed by atoms with Gasteiger partial charge in [0.15, 0.2) is 0 Å². The highest BCUT2D eigenvalue weighted by Gasteiger charge is 2.14. The number of hydrogen-bond acceptors (Lipinski definition) is 3. The van der Waals surface area contributed by atoms with E-state index < -0.39 is 5.97 Å². The number of nitrogens with one attached hydrogen (secondary N) is 2. The summed E-state index contributed by atoms with van der Waals surface area (Å²) in [4.78, 5) is 35.3. The van der Waals surface area contributed by atoms with E-state index >= 15 is 0 Å². The number of aromatic carboxylic acids is 1. The van der Waals surface area contributed by atoms with Crippen LogP contribution in [0.25, 0.3) is 0 Å². The Hall–Kier alpha value is -3.15. The fourth-order valence-corrected chi connectivity index (χ4v) is 2.15. The molecule has 136 valence electrons. The van der Waals surface area contributed by atoms with Crippen molar-refractivity contribution in [2.45, 2.75) is 20.8 Å². The van der Waals surface area contributed by atoms with Gasteiger partial charge in [0.25, 0.3) is 11.8 Å². The topological polar surface area (TPSA) is 95.5 Å². The fraction of sp³-hybridized carbons (Fsp3) is 0.250. The van der Waals surface area contributed by atoms with Crippen molar-refractivity contribution in [3.8, 4) is 0 Å². The van der Waals surface area contributed by atoms with E-state index in [1.165, 1.54) is 12.1 Å². The van der Waals surface area contributed by atoms with E-state index in [0.29, 0.717) is 23.4 Å². The maximum absolute atomic E-state index is 12.3. The maximum Gasteiger partial charge on any atom is 0.335 e. The molecule has 0 spiro atoms. The molecule has 0 saturated heterocycles. The normalized spacial score (nSPS) is 10.9. The molecule has 2 aromatic carbocycles. The van der Waals surface area contributed by atoms with Crippen LogP contribution in [0.4, 0.5) is 5.69 Å². The highest BCUT2D eigenvalue weighted by Crippen LogP contribution is 2.14. The van der Waals surface area contributed by atoms with Gasteiger partial charge in [-0.2, -0.15) is 0 Å². The Morgan fingerprint density at radius 1 is 0.885 bits per heavy atom. The number of hydrogen-bond donors (Lipinski definition) is 3. The average Bonchev–Trinajstić information content (AvgIpc) is 2.59. The Kier molecular flexibility index (Phi) is 5.77. The van der Waals surface area contributed by atoms with E-state index in [4.69, 9.17) is 5.11 Å². The predicted molar refractivity (Wildman–Crippen MR) is 99.6 cm³/mol. The van der Waals surface area contributed by atoms with Crippen molar-refractivity contribution in [3.05, 3.63) is 65.2 Å². The molecule has 0 aliphatic carbocycles. The van der Waals surface area contributed by atoms with Crippen molar-refractivity contribution >= 4 is 23.5 Å². The molecule has 0 aliphatic heterocycles. The zero-order valence-corrected chi connectivity index (χ0v) is 15.0. The summed E-state index contributed by atoms with van der Waals surface area (Å²) >= 11 is 0. The minimum absolute atomic E-state index is 0.0139. The van der Waals surface area contributed by atoms with Gasteiger partial charge in [0, 0.05) is 23.4 Å². The molecule has 3 N–H and O–H groups in total. The van der Waals surface area contributed by atoms with Gasteiger partial charge in [0.2, 0.25) is 0 Å². The van der Waals surface area contributed by atoms with Crippen LogP contribution in [0.5, 0.6) is 0 Å². The first-order chi connectivity index (χ1) is 12.2. The number of carboxylic acids is 1. The number of amides is 2. The summed E-state index contributed by atoms with van der Waals surface area (Å²) in [5.41, 5.74) is 1.31. The molecule has 0 unspecified atom stereocenters. The van der Waals surface area contributed by atoms with Gasteiger partial charge in [-0.25, -0.2) is 4.79 Å². The number of carbonyl (C=O) groups is 3. The Morgan fingerprint density at radius 2 is 1.46 bits per heavy atom. The third-order valence-corrected chi connectivity index (χ3v) is 3.56. The summed E-state index contributed by atoms with van der Waals surface area (Å²) in [5, 5.41) is 14.5. The minimum Gasteiger partial charge on any atom is -0.478 e. The summed E-state index contributed by atoms with van der Waals surface area (Å²) in [7, 11) is 0. The Labute approximate surface area is 152 Å². The van der Waals surface area contributed by atoms with E-state index in [1.807, 2.05) is 20.8 Å². The van der Waals surface area contributed by atoms with E-state index in [2.05, 4.69) is 10.6 Å². The van der Waals surface area contributed by atoms with Crippen LogP contribution < -0.4 is 10.6 Å². The fourth-order valence-electron chi connectivity index (χ4n) is 2.15. The van der Waals surface area contributed by atoms with Gasteiger partial charge in [0.1, 0.15) is 0 Å². The van der Waals surface area contributed by atoms with Crippen molar-refractivity contribution in [2.75, 3.05) is 11.9 Å². The molecule has 26 heavy (non-hydrogen) atoms. The summed E-state index contributed by atoms with van der Waals surface area (Å²) in [5.74, 6) is -1.64. The lowest BCUT2D eigenvalue weighted by Crippen LogP contribution is -2.32. The molecule has 0 aromatic heterocycles. The largest absolute Gasteiger partial charge is 0.478 e. The van der Waals surface area contributed by atoms with Crippen LogP contribution >= 0.6 is 0 Å². The average molecular weight is 354 g/mol. The molecule has 2 aromatic rings. The number of rotatable bonds is 5. The molecule has 0 fully saturated rings. The van der Waals surface area contributed by atoms with Crippen molar-refractivity contribution in [1.29, 1.82) is 0 Å². The summed E-state index contributed by atoms with van der Waals surface area (Å²) in [6.45, 7) is 6.63. The van der Waals surface area contributed by atoms with Gasteiger partial charge < -0.3 is 15.7 Å². The Balaban J connectivity index is 2.03. The molecule has 0 heterocycles. The lowest BCUT2D eigenvalue weighted by atomic mass is 9.97. The highest BCUT2D eigenvalue weighted by molar-refractivity contribution is 6.05. The van der Waals surface area contributed by atoms with Crippen LogP contribution in [0.2, 0.25) is 0 Å². The lowest BCUT2D eigenvalue weighted by Gasteiger charge is -2.18. The molecule has 2 rings (SSSR count). The van der Waals surface area contributed by atoms with E-state index in [9.17, 15) is 14.4 Å². The van der Waals surface area contributed by atoms with E-state index in [0.717, 1.165) is 0 Å². The molecule has 6 heteroatoms. The smallest absolute Gasteiger partial charge is 0.335 e. The van der Waals surface area contributed by atoms with Crippen LogP contribution in [-0.4, -0.2) is 29.4 Å². The van der Waals surface area contributed by atoms with Crippen molar-refractivity contribution < 1.29 is 19.5 Å². The second-order valence-corrected chi connectivity index (χ2v) is 7.16. The number of carboxylic acid groups (broad SMARTS) is 1. The second kappa shape index (κ2) is 7.82. The minimum atomic E-state index is -1.06. The molecule has 0 saturated carbocycles. The lowest BCUT2D eigenvalue weighted by molar-refractivity contribution is 0.0696. The van der Waals surface area contributed by atoms with Crippen LogP contribution in [0.3, 0.4) is 0 Å². The van der Waals surface area contributed by atoms with Crippen molar-refractivity contribution in [3.63, 3.8) is 0 Å². The van der Waals surface area contributed by atoms with Gasteiger partial charge in [-0.15, -0.1) is 0 Å². The van der Waals surface area contributed by atoms with Gasteiger partial charge in [-0.1, -0.05) is 26.8 Å². The molecule has 6 nitrogen and oxygen atoms in total. The van der Waals surface area contributed by atoms with E-state index in [1.54, 1.807) is 36.4 Å². The van der Waals surface area contributed by atoms with Gasteiger partial charge in [-0.3, -0.25) is 9.59 Å². The number of benzene rings is 2. The predicted octanol–water partition coefficient (Wildman–Crippen LogP) is 3.41. The SMILES string of the molecule is CC(C)(C)CNC(=O)c1ccc(C(=O)Nc2cccc(C(=O)O)c2)cc1. The molecule has 0 radical (unpaired) electrons. The third kappa shape index (κ3) is 5.44. The number of anilines is 1. The Bertz CT molecular complexity index is 820.